The van der Waals surface area contributed by atoms with E-state index < -0.39 is 0 Å². The van der Waals surface area contributed by atoms with E-state index in [2.05, 4.69) is 17.4 Å². The summed E-state index contributed by atoms with van der Waals surface area (Å²) in [4.78, 5) is 12.1. The zero-order chi connectivity index (χ0) is 14.6. The largest absolute Gasteiger partial charge is 0.409 e. The van der Waals surface area contributed by atoms with Crippen molar-refractivity contribution in [3.63, 3.8) is 0 Å². The van der Waals surface area contributed by atoms with Crippen molar-refractivity contribution in [3.05, 3.63) is 35.4 Å². The Morgan fingerprint density at radius 2 is 1.85 bits per heavy atom. The van der Waals surface area contributed by atoms with Crippen molar-refractivity contribution < 1.29 is 10.0 Å². The maximum Gasteiger partial charge on any atom is 0.251 e. The molecule has 5 heteroatoms. The first-order valence-corrected chi connectivity index (χ1v) is 6.90. The molecule has 1 aromatic rings. The van der Waals surface area contributed by atoms with E-state index >= 15 is 0 Å². The van der Waals surface area contributed by atoms with Gasteiger partial charge in [0, 0.05) is 17.7 Å². The highest BCUT2D eigenvalue weighted by Gasteiger charge is 2.28. The van der Waals surface area contributed by atoms with Crippen molar-refractivity contribution in [2.24, 2.45) is 16.3 Å². The van der Waals surface area contributed by atoms with Crippen LogP contribution in [0.3, 0.4) is 0 Å². The summed E-state index contributed by atoms with van der Waals surface area (Å²) < 4.78 is 0. The third-order valence-corrected chi connectivity index (χ3v) is 4.04. The Morgan fingerprint density at radius 1 is 1.30 bits per heavy atom. The van der Waals surface area contributed by atoms with Gasteiger partial charge in [-0.05, 0) is 30.4 Å². The van der Waals surface area contributed by atoms with Gasteiger partial charge >= 0.3 is 0 Å². The predicted molar refractivity (Wildman–Crippen MR) is 77.9 cm³/mol. The summed E-state index contributed by atoms with van der Waals surface area (Å²) in [6.45, 7) is 2.94. The number of nitrogens with one attached hydrogen (secondary N) is 1. The summed E-state index contributed by atoms with van der Waals surface area (Å²) in [7, 11) is 0. The van der Waals surface area contributed by atoms with E-state index in [0.29, 0.717) is 17.7 Å². The zero-order valence-electron chi connectivity index (χ0n) is 11.7. The van der Waals surface area contributed by atoms with Gasteiger partial charge in [0.2, 0.25) is 0 Å². The molecule has 1 aliphatic rings. The molecule has 1 aliphatic carbocycles. The lowest BCUT2D eigenvalue weighted by Crippen LogP contribution is -2.34. The number of benzene rings is 1. The van der Waals surface area contributed by atoms with Crippen molar-refractivity contribution >= 4 is 11.7 Å². The Kier molecular flexibility index (Phi) is 4.27. The number of nitrogens with two attached hydrogens (primary N) is 1. The van der Waals surface area contributed by atoms with Gasteiger partial charge in [-0.25, -0.2) is 0 Å². The van der Waals surface area contributed by atoms with Gasteiger partial charge in [0.25, 0.3) is 5.91 Å². The van der Waals surface area contributed by atoms with Crippen LogP contribution in [0.2, 0.25) is 0 Å². The van der Waals surface area contributed by atoms with Crippen molar-refractivity contribution in [1.29, 1.82) is 0 Å². The maximum atomic E-state index is 12.1. The normalized spacial score (nSPS) is 17.9. The van der Waals surface area contributed by atoms with Crippen molar-refractivity contribution in [1.82, 2.24) is 5.32 Å². The van der Waals surface area contributed by atoms with Gasteiger partial charge in [-0.1, -0.05) is 37.1 Å². The molecule has 108 valence electrons. The lowest BCUT2D eigenvalue weighted by Gasteiger charge is -2.23. The van der Waals surface area contributed by atoms with Crippen molar-refractivity contribution in [2.75, 3.05) is 6.54 Å². The molecule has 5 nitrogen and oxygen atoms in total. The second-order valence-corrected chi connectivity index (χ2v) is 5.76. The minimum absolute atomic E-state index is 0.0374. The summed E-state index contributed by atoms with van der Waals surface area (Å²) in [5, 5.41) is 14.5. The van der Waals surface area contributed by atoms with E-state index in [0.717, 1.165) is 0 Å². The number of hydrogen-bond donors (Lipinski definition) is 3. The van der Waals surface area contributed by atoms with Gasteiger partial charge in [-0.3, -0.25) is 4.79 Å². The van der Waals surface area contributed by atoms with Crippen LogP contribution in [-0.4, -0.2) is 23.5 Å². The molecule has 1 aromatic carbocycles. The lowest BCUT2D eigenvalue weighted by atomic mass is 9.89. The average molecular weight is 275 g/mol. The smallest absolute Gasteiger partial charge is 0.251 e. The van der Waals surface area contributed by atoms with Crippen LogP contribution in [0.5, 0.6) is 0 Å². The molecule has 0 heterocycles. The molecular formula is C15H21N3O2. The monoisotopic (exact) mass is 275 g/mol. The van der Waals surface area contributed by atoms with Crippen molar-refractivity contribution in [3.8, 4) is 0 Å². The van der Waals surface area contributed by atoms with E-state index in [-0.39, 0.29) is 17.2 Å². The first-order chi connectivity index (χ1) is 9.54. The van der Waals surface area contributed by atoms with Crippen LogP contribution in [0.15, 0.2) is 29.4 Å². The highest BCUT2D eigenvalue weighted by molar-refractivity contribution is 5.99. The van der Waals surface area contributed by atoms with Crippen LogP contribution in [0, 0.1) is 5.41 Å². The van der Waals surface area contributed by atoms with Crippen LogP contribution in [-0.2, 0) is 0 Å². The molecular weight excluding hydrogens is 254 g/mol. The minimum Gasteiger partial charge on any atom is -0.409 e. The topological polar surface area (TPSA) is 87.7 Å². The molecule has 0 radical (unpaired) electrons. The number of oxime groups is 1. The summed E-state index contributed by atoms with van der Waals surface area (Å²) in [6.07, 6.45) is 4.85. The number of hydrogen-bond acceptors (Lipinski definition) is 3. The summed E-state index contributed by atoms with van der Waals surface area (Å²) in [6, 6.07) is 6.70. The number of nitrogens with zero attached hydrogens (tertiary/aromatic N) is 1. The van der Waals surface area contributed by atoms with Gasteiger partial charge in [0.15, 0.2) is 5.84 Å². The second kappa shape index (κ2) is 5.94. The fraction of sp³-hybridized carbons (Fsp3) is 0.467. The molecule has 0 unspecified atom stereocenters. The summed E-state index contributed by atoms with van der Waals surface area (Å²) >= 11 is 0. The molecule has 0 bridgehead atoms. The molecule has 1 saturated carbocycles. The molecule has 0 atom stereocenters. The van der Waals surface area contributed by atoms with Crippen LogP contribution in [0.4, 0.5) is 0 Å². The van der Waals surface area contributed by atoms with Gasteiger partial charge in [-0.2, -0.15) is 0 Å². The lowest BCUT2D eigenvalue weighted by molar-refractivity contribution is 0.0934. The Balaban J connectivity index is 1.95. The fourth-order valence-corrected chi connectivity index (χ4v) is 2.65. The quantitative estimate of drug-likeness (QED) is 0.340. The van der Waals surface area contributed by atoms with Crippen LogP contribution >= 0.6 is 0 Å². The van der Waals surface area contributed by atoms with E-state index in [1.807, 2.05) is 0 Å². The summed E-state index contributed by atoms with van der Waals surface area (Å²) in [5.41, 5.74) is 6.89. The van der Waals surface area contributed by atoms with E-state index in [1.54, 1.807) is 24.3 Å². The second-order valence-electron chi connectivity index (χ2n) is 5.76. The fourth-order valence-electron chi connectivity index (χ4n) is 2.65. The molecule has 1 amide bonds. The van der Waals surface area contributed by atoms with Crippen LogP contribution in [0.25, 0.3) is 0 Å². The summed E-state index contributed by atoms with van der Waals surface area (Å²) in [5.74, 6) is -0.0420. The first-order valence-electron chi connectivity index (χ1n) is 6.90. The van der Waals surface area contributed by atoms with Crippen LogP contribution in [0.1, 0.15) is 48.5 Å². The number of carbonyl (C=O) groups is 1. The average Bonchev–Trinajstić information content (AvgIpc) is 2.91. The van der Waals surface area contributed by atoms with Crippen molar-refractivity contribution in [2.45, 2.75) is 32.6 Å². The van der Waals surface area contributed by atoms with Gasteiger partial charge in [0.1, 0.15) is 0 Å². The van der Waals surface area contributed by atoms with Gasteiger partial charge < -0.3 is 16.3 Å². The van der Waals surface area contributed by atoms with E-state index in [4.69, 9.17) is 10.9 Å². The number of rotatable bonds is 4. The Bertz CT molecular complexity index is 502. The number of amidine groups is 1. The molecule has 0 aromatic heterocycles. The first kappa shape index (κ1) is 14.4. The minimum atomic E-state index is -0.0795. The standard InChI is InChI=1S/C15H21N3O2/c1-15(8-2-3-9-15)10-17-14(19)12-6-4-11(5-7-12)13(16)18-20/h4-7,20H,2-3,8-10H2,1H3,(H2,16,18)(H,17,19). The highest BCUT2D eigenvalue weighted by Crippen LogP contribution is 2.36. The Labute approximate surface area is 118 Å². The molecule has 4 N–H and O–H groups in total. The Morgan fingerprint density at radius 3 is 2.40 bits per heavy atom. The van der Waals surface area contributed by atoms with Crippen LogP contribution < -0.4 is 11.1 Å². The zero-order valence-corrected chi connectivity index (χ0v) is 11.7. The Hall–Kier alpha value is -2.04. The number of amides is 1. The third-order valence-electron chi connectivity index (χ3n) is 4.04. The van der Waals surface area contributed by atoms with E-state index in [9.17, 15) is 4.79 Å². The molecule has 0 aliphatic heterocycles. The number of carbonyl (C=O) groups excluding carboxylic acids is 1. The predicted octanol–water partition coefficient (Wildman–Crippen LogP) is 2.09. The molecule has 20 heavy (non-hydrogen) atoms. The maximum absolute atomic E-state index is 12.1. The third kappa shape index (κ3) is 3.29. The van der Waals surface area contributed by atoms with Gasteiger partial charge in [-0.15, -0.1) is 0 Å². The molecule has 0 spiro atoms. The molecule has 2 rings (SSSR count). The molecule has 1 fully saturated rings. The SMILES string of the molecule is CC1(CNC(=O)c2ccc(C(N)=NO)cc2)CCCC1. The van der Waals surface area contributed by atoms with Gasteiger partial charge in [0.05, 0.1) is 0 Å². The highest BCUT2D eigenvalue weighted by atomic mass is 16.4. The van der Waals surface area contributed by atoms with E-state index in [1.165, 1.54) is 25.7 Å². The molecule has 0 saturated heterocycles.